The summed E-state index contributed by atoms with van der Waals surface area (Å²) in [6.07, 6.45) is 0.481. The van der Waals surface area contributed by atoms with E-state index in [4.69, 9.17) is 10.4 Å². The number of piperidine rings is 1. The molecule has 21 heavy (non-hydrogen) atoms. The molecule has 0 aliphatic carbocycles. The number of hydrogen-bond acceptors (Lipinski definition) is 4. The summed E-state index contributed by atoms with van der Waals surface area (Å²) >= 11 is 0. The lowest BCUT2D eigenvalue weighted by Crippen LogP contribution is -2.45. The molecule has 7 heteroatoms. The van der Waals surface area contributed by atoms with Crippen molar-refractivity contribution in [3.63, 3.8) is 0 Å². The highest BCUT2D eigenvalue weighted by atomic mass is 32.2. The topological polar surface area (TPSA) is 98.5 Å². The fourth-order valence-corrected chi connectivity index (χ4v) is 4.13. The van der Waals surface area contributed by atoms with Crippen LogP contribution < -0.4 is 0 Å². The zero-order valence-corrected chi connectivity index (χ0v) is 12.4. The average Bonchev–Trinajstić information content (AvgIpc) is 2.46. The lowest BCUT2D eigenvalue weighted by molar-refractivity contribution is -0.143. The highest BCUT2D eigenvalue weighted by Gasteiger charge is 2.36. The van der Waals surface area contributed by atoms with E-state index in [1.54, 1.807) is 0 Å². The van der Waals surface area contributed by atoms with Crippen LogP contribution in [0.4, 0.5) is 0 Å². The lowest BCUT2D eigenvalue weighted by Gasteiger charge is -2.33. The monoisotopic (exact) mass is 308 g/mol. The van der Waals surface area contributed by atoms with E-state index in [-0.39, 0.29) is 17.4 Å². The van der Waals surface area contributed by atoms with Gasteiger partial charge in [0.2, 0.25) is 10.0 Å². The molecule has 112 valence electrons. The molecule has 1 heterocycles. The molecule has 2 rings (SSSR count). The van der Waals surface area contributed by atoms with Crippen LogP contribution in [-0.2, 0) is 14.8 Å². The number of rotatable bonds is 3. The Bertz CT molecular complexity index is 676. The first-order chi connectivity index (χ1) is 9.84. The molecule has 2 unspecified atom stereocenters. The predicted octanol–water partition coefficient (Wildman–Crippen LogP) is 1.29. The summed E-state index contributed by atoms with van der Waals surface area (Å²) in [5.41, 5.74) is 0.379. The van der Waals surface area contributed by atoms with Crippen molar-refractivity contribution in [2.24, 2.45) is 11.8 Å². The van der Waals surface area contributed by atoms with Gasteiger partial charge in [-0.05, 0) is 36.6 Å². The van der Waals surface area contributed by atoms with E-state index in [0.717, 1.165) is 0 Å². The number of carbonyl (C=O) groups is 1. The molecule has 0 bridgehead atoms. The summed E-state index contributed by atoms with van der Waals surface area (Å²) in [5, 5.41) is 17.9. The Balaban J connectivity index is 2.29. The van der Waals surface area contributed by atoms with E-state index in [2.05, 4.69) is 0 Å². The molecule has 1 saturated heterocycles. The Morgan fingerprint density at radius 1 is 1.33 bits per heavy atom. The van der Waals surface area contributed by atoms with Crippen molar-refractivity contribution in [2.75, 3.05) is 13.1 Å². The number of sulfonamides is 1. The van der Waals surface area contributed by atoms with Gasteiger partial charge >= 0.3 is 5.97 Å². The van der Waals surface area contributed by atoms with Gasteiger partial charge in [-0.3, -0.25) is 4.79 Å². The van der Waals surface area contributed by atoms with Crippen LogP contribution in [0, 0.1) is 23.2 Å². The van der Waals surface area contributed by atoms with Gasteiger partial charge in [-0.1, -0.05) is 6.92 Å². The quantitative estimate of drug-likeness (QED) is 0.907. The van der Waals surface area contributed by atoms with Gasteiger partial charge in [0.05, 0.1) is 22.4 Å². The van der Waals surface area contributed by atoms with Crippen molar-refractivity contribution in [2.45, 2.75) is 18.2 Å². The molecular weight excluding hydrogens is 292 g/mol. The third kappa shape index (κ3) is 3.23. The minimum Gasteiger partial charge on any atom is -0.481 e. The highest BCUT2D eigenvalue weighted by molar-refractivity contribution is 7.89. The molecule has 0 amide bonds. The van der Waals surface area contributed by atoms with Crippen LogP contribution in [0.2, 0.25) is 0 Å². The number of nitrogens with zero attached hydrogens (tertiary/aromatic N) is 2. The normalized spacial score (nSPS) is 23.4. The van der Waals surface area contributed by atoms with E-state index in [1.807, 2.05) is 13.0 Å². The molecule has 0 saturated carbocycles. The van der Waals surface area contributed by atoms with Gasteiger partial charge in [0.1, 0.15) is 0 Å². The second-order valence-electron chi connectivity index (χ2n) is 5.33. The number of nitriles is 1. The van der Waals surface area contributed by atoms with Crippen molar-refractivity contribution in [3.8, 4) is 6.07 Å². The molecule has 1 fully saturated rings. The molecule has 1 aliphatic heterocycles. The Morgan fingerprint density at radius 3 is 2.48 bits per heavy atom. The smallest absolute Gasteiger partial charge is 0.307 e. The molecule has 2 atom stereocenters. The zero-order chi connectivity index (χ0) is 15.6. The largest absolute Gasteiger partial charge is 0.481 e. The Kier molecular flexibility index (Phi) is 4.30. The summed E-state index contributed by atoms with van der Waals surface area (Å²) in [7, 11) is -3.73. The fraction of sp³-hybridized carbons (Fsp3) is 0.429. The van der Waals surface area contributed by atoms with E-state index in [1.165, 1.54) is 28.6 Å². The first-order valence-electron chi connectivity index (χ1n) is 6.57. The number of carboxylic acids is 1. The third-order valence-electron chi connectivity index (χ3n) is 3.60. The maximum atomic E-state index is 12.6. The van der Waals surface area contributed by atoms with Gasteiger partial charge in [-0.15, -0.1) is 0 Å². The SMILES string of the molecule is CC1CC(C(=O)O)CN(S(=O)(=O)c2ccc(C#N)cc2)C1. The molecule has 0 spiro atoms. The third-order valence-corrected chi connectivity index (χ3v) is 5.44. The van der Waals surface area contributed by atoms with Gasteiger partial charge in [-0.2, -0.15) is 9.57 Å². The maximum Gasteiger partial charge on any atom is 0.307 e. The number of carboxylic acid groups (broad SMARTS) is 1. The summed E-state index contributed by atoms with van der Waals surface area (Å²) in [6, 6.07) is 7.56. The fourth-order valence-electron chi connectivity index (χ4n) is 2.53. The van der Waals surface area contributed by atoms with Crippen molar-refractivity contribution in [1.82, 2.24) is 4.31 Å². The first-order valence-corrected chi connectivity index (χ1v) is 8.01. The molecule has 1 aliphatic rings. The summed E-state index contributed by atoms with van der Waals surface area (Å²) in [5.74, 6) is -1.66. The summed E-state index contributed by atoms with van der Waals surface area (Å²) in [6.45, 7) is 2.14. The van der Waals surface area contributed by atoms with Crippen molar-refractivity contribution in [3.05, 3.63) is 29.8 Å². The van der Waals surface area contributed by atoms with Gasteiger partial charge in [0, 0.05) is 13.1 Å². The van der Waals surface area contributed by atoms with Crippen LogP contribution in [0.15, 0.2) is 29.2 Å². The Morgan fingerprint density at radius 2 is 1.95 bits per heavy atom. The standard InChI is InChI=1S/C14H16N2O4S/c1-10-6-12(14(17)18)9-16(8-10)21(19,20)13-4-2-11(7-15)3-5-13/h2-5,10,12H,6,8-9H2,1H3,(H,17,18). The second-order valence-corrected chi connectivity index (χ2v) is 7.27. The Hall–Kier alpha value is -1.91. The van der Waals surface area contributed by atoms with Crippen LogP contribution in [0.1, 0.15) is 18.9 Å². The van der Waals surface area contributed by atoms with Gasteiger partial charge in [-0.25, -0.2) is 8.42 Å². The van der Waals surface area contributed by atoms with E-state index in [9.17, 15) is 13.2 Å². The number of benzene rings is 1. The van der Waals surface area contributed by atoms with Crippen LogP contribution in [-0.4, -0.2) is 36.9 Å². The van der Waals surface area contributed by atoms with Gasteiger partial charge in [0.25, 0.3) is 0 Å². The van der Waals surface area contributed by atoms with Gasteiger partial charge < -0.3 is 5.11 Å². The summed E-state index contributed by atoms with van der Waals surface area (Å²) < 4.78 is 26.3. The van der Waals surface area contributed by atoms with E-state index < -0.39 is 21.9 Å². The zero-order valence-electron chi connectivity index (χ0n) is 11.6. The minimum absolute atomic E-state index is 0.00648. The van der Waals surface area contributed by atoms with Crippen LogP contribution in [0.5, 0.6) is 0 Å². The molecule has 1 aromatic rings. The van der Waals surface area contributed by atoms with Crippen LogP contribution in [0.25, 0.3) is 0 Å². The van der Waals surface area contributed by atoms with Gasteiger partial charge in [0.15, 0.2) is 0 Å². The van der Waals surface area contributed by atoms with Crippen molar-refractivity contribution >= 4 is 16.0 Å². The van der Waals surface area contributed by atoms with Crippen LogP contribution >= 0.6 is 0 Å². The molecular formula is C14H16N2O4S. The number of aliphatic carboxylic acids is 1. The summed E-state index contributed by atoms with van der Waals surface area (Å²) in [4.78, 5) is 11.2. The minimum atomic E-state index is -3.73. The van der Waals surface area contributed by atoms with E-state index >= 15 is 0 Å². The average molecular weight is 308 g/mol. The van der Waals surface area contributed by atoms with Crippen molar-refractivity contribution in [1.29, 1.82) is 5.26 Å². The van der Waals surface area contributed by atoms with Crippen molar-refractivity contribution < 1.29 is 18.3 Å². The molecule has 6 nitrogen and oxygen atoms in total. The lowest BCUT2D eigenvalue weighted by atomic mass is 9.92. The predicted molar refractivity (Wildman–Crippen MR) is 74.8 cm³/mol. The maximum absolute atomic E-state index is 12.6. The first kappa shape index (κ1) is 15.5. The Labute approximate surface area is 123 Å². The number of hydrogen-bond donors (Lipinski definition) is 1. The molecule has 0 radical (unpaired) electrons. The van der Waals surface area contributed by atoms with Crippen LogP contribution in [0.3, 0.4) is 0 Å². The molecule has 1 N–H and O–H groups in total. The highest BCUT2D eigenvalue weighted by Crippen LogP contribution is 2.27. The molecule has 0 aromatic heterocycles. The molecule has 1 aromatic carbocycles. The van der Waals surface area contributed by atoms with E-state index in [0.29, 0.717) is 18.5 Å². The second kappa shape index (κ2) is 5.84.